The Hall–Kier alpha value is -3.15. The molecular formula is C19H19N5O. The maximum Gasteiger partial charge on any atom is 0.321 e. The first kappa shape index (κ1) is 15.4. The van der Waals surface area contributed by atoms with Crippen LogP contribution < -0.4 is 10.2 Å². The molecule has 126 valence electrons. The molecule has 0 atom stereocenters. The van der Waals surface area contributed by atoms with Gasteiger partial charge < -0.3 is 15.1 Å². The molecule has 3 aromatic rings. The van der Waals surface area contributed by atoms with Gasteiger partial charge in [0.25, 0.3) is 0 Å². The lowest BCUT2D eigenvalue weighted by atomic mass is 10.1. The van der Waals surface area contributed by atoms with E-state index in [4.69, 9.17) is 0 Å². The smallest absolute Gasteiger partial charge is 0.321 e. The Morgan fingerprint density at radius 2 is 1.76 bits per heavy atom. The molecule has 1 fully saturated rings. The summed E-state index contributed by atoms with van der Waals surface area (Å²) in [6.45, 7) is 2.83. The normalized spacial score (nSPS) is 14.6. The molecule has 1 aromatic heterocycles. The molecule has 1 aliphatic heterocycles. The van der Waals surface area contributed by atoms with E-state index in [0.29, 0.717) is 13.1 Å². The number of rotatable bonds is 2. The van der Waals surface area contributed by atoms with Crippen LogP contribution in [0.25, 0.3) is 10.8 Å². The maximum atomic E-state index is 12.5. The molecule has 25 heavy (non-hydrogen) atoms. The Kier molecular flexibility index (Phi) is 4.16. The average Bonchev–Trinajstić information content (AvgIpc) is 2.69. The molecule has 1 N–H and O–H groups in total. The highest BCUT2D eigenvalue weighted by Crippen LogP contribution is 2.19. The van der Waals surface area contributed by atoms with Crippen LogP contribution in [0.3, 0.4) is 0 Å². The van der Waals surface area contributed by atoms with Crippen molar-refractivity contribution in [1.82, 2.24) is 14.9 Å². The number of amides is 2. The lowest BCUT2D eigenvalue weighted by Crippen LogP contribution is -2.50. The topological polar surface area (TPSA) is 61.4 Å². The molecular weight excluding hydrogens is 314 g/mol. The van der Waals surface area contributed by atoms with E-state index in [-0.39, 0.29) is 6.03 Å². The number of carbonyl (C=O) groups excluding carboxylic acids is 1. The number of hydrogen-bond donors (Lipinski definition) is 1. The zero-order valence-electron chi connectivity index (χ0n) is 13.8. The Morgan fingerprint density at radius 1 is 0.960 bits per heavy atom. The Balaban J connectivity index is 1.38. The second-order valence-corrected chi connectivity index (χ2v) is 6.03. The fourth-order valence-electron chi connectivity index (χ4n) is 3.06. The van der Waals surface area contributed by atoms with Gasteiger partial charge in [0.2, 0.25) is 0 Å². The van der Waals surface area contributed by atoms with Crippen LogP contribution in [0.5, 0.6) is 0 Å². The summed E-state index contributed by atoms with van der Waals surface area (Å²) in [5.41, 5.74) is 0.819. The zero-order chi connectivity index (χ0) is 17.1. The molecule has 0 unspecified atom stereocenters. The summed E-state index contributed by atoms with van der Waals surface area (Å²) >= 11 is 0. The molecule has 0 bridgehead atoms. The average molecular weight is 333 g/mol. The quantitative estimate of drug-likeness (QED) is 0.783. The van der Waals surface area contributed by atoms with Crippen molar-refractivity contribution in [3.05, 3.63) is 61.1 Å². The number of benzene rings is 2. The van der Waals surface area contributed by atoms with Crippen LogP contribution in [0.1, 0.15) is 0 Å². The van der Waals surface area contributed by atoms with Crippen LogP contribution in [-0.4, -0.2) is 47.1 Å². The monoisotopic (exact) mass is 333 g/mol. The largest absolute Gasteiger partial charge is 0.352 e. The van der Waals surface area contributed by atoms with Crippen molar-refractivity contribution < 1.29 is 4.79 Å². The van der Waals surface area contributed by atoms with Gasteiger partial charge in [-0.2, -0.15) is 0 Å². The molecule has 2 aromatic carbocycles. The van der Waals surface area contributed by atoms with Gasteiger partial charge >= 0.3 is 6.03 Å². The number of aromatic nitrogens is 2. The van der Waals surface area contributed by atoms with Gasteiger partial charge in [-0.25, -0.2) is 9.78 Å². The van der Waals surface area contributed by atoms with Crippen molar-refractivity contribution in [3.8, 4) is 0 Å². The third kappa shape index (κ3) is 3.38. The van der Waals surface area contributed by atoms with Crippen molar-refractivity contribution in [2.24, 2.45) is 0 Å². The molecule has 0 spiro atoms. The van der Waals surface area contributed by atoms with Crippen molar-refractivity contribution in [2.45, 2.75) is 0 Å². The highest BCUT2D eigenvalue weighted by molar-refractivity contribution is 5.93. The number of piperazine rings is 1. The third-order valence-electron chi connectivity index (χ3n) is 4.44. The van der Waals surface area contributed by atoms with Crippen molar-refractivity contribution in [1.29, 1.82) is 0 Å². The lowest BCUT2D eigenvalue weighted by Gasteiger charge is -2.35. The van der Waals surface area contributed by atoms with Gasteiger partial charge in [-0.05, 0) is 22.9 Å². The fraction of sp³-hybridized carbons (Fsp3) is 0.211. The van der Waals surface area contributed by atoms with Gasteiger partial charge in [0.15, 0.2) is 0 Å². The van der Waals surface area contributed by atoms with E-state index in [0.717, 1.165) is 35.4 Å². The first-order chi connectivity index (χ1) is 12.3. The number of urea groups is 1. The predicted molar refractivity (Wildman–Crippen MR) is 98.8 cm³/mol. The molecule has 0 radical (unpaired) electrons. The highest BCUT2D eigenvalue weighted by atomic mass is 16.2. The number of nitrogens with one attached hydrogen (secondary N) is 1. The van der Waals surface area contributed by atoms with Crippen LogP contribution in [0, 0.1) is 0 Å². The van der Waals surface area contributed by atoms with Crippen molar-refractivity contribution in [2.75, 3.05) is 36.4 Å². The standard InChI is InChI=1S/C19H19N5O/c25-19(22-17-6-5-15-3-1-2-4-16(15)13-17)24-11-9-23(10-12-24)18-14-20-7-8-21-18/h1-8,13-14H,9-12H2,(H,22,25). The first-order valence-corrected chi connectivity index (χ1v) is 8.35. The molecule has 2 amide bonds. The molecule has 1 saturated heterocycles. The second-order valence-electron chi connectivity index (χ2n) is 6.03. The minimum absolute atomic E-state index is 0.0610. The molecule has 0 aliphatic carbocycles. The predicted octanol–water partition coefficient (Wildman–Crippen LogP) is 2.98. The van der Waals surface area contributed by atoms with Crippen LogP contribution in [0.15, 0.2) is 61.1 Å². The summed E-state index contributed by atoms with van der Waals surface area (Å²) in [5.74, 6) is 0.858. The molecule has 6 nitrogen and oxygen atoms in total. The minimum atomic E-state index is -0.0610. The van der Waals surface area contributed by atoms with Crippen LogP contribution >= 0.6 is 0 Å². The van der Waals surface area contributed by atoms with E-state index in [1.54, 1.807) is 18.6 Å². The molecule has 6 heteroatoms. The van der Waals surface area contributed by atoms with Crippen LogP contribution in [0.4, 0.5) is 16.3 Å². The van der Waals surface area contributed by atoms with Gasteiger partial charge in [-0.3, -0.25) is 4.98 Å². The van der Waals surface area contributed by atoms with Gasteiger partial charge in [-0.1, -0.05) is 30.3 Å². The third-order valence-corrected chi connectivity index (χ3v) is 4.44. The Morgan fingerprint density at radius 3 is 2.52 bits per heavy atom. The SMILES string of the molecule is O=C(Nc1ccc2ccccc2c1)N1CCN(c2cnccn2)CC1. The highest BCUT2D eigenvalue weighted by Gasteiger charge is 2.22. The van der Waals surface area contributed by atoms with Gasteiger partial charge in [0, 0.05) is 44.3 Å². The van der Waals surface area contributed by atoms with E-state index in [1.807, 2.05) is 41.3 Å². The van der Waals surface area contributed by atoms with Gasteiger partial charge in [0.1, 0.15) is 5.82 Å². The van der Waals surface area contributed by atoms with E-state index in [2.05, 4.69) is 26.3 Å². The van der Waals surface area contributed by atoms with Crippen molar-refractivity contribution >= 4 is 28.3 Å². The second kappa shape index (κ2) is 6.76. The summed E-state index contributed by atoms with van der Waals surface area (Å²) in [4.78, 5) is 24.9. The summed E-state index contributed by atoms with van der Waals surface area (Å²) in [5, 5.41) is 5.28. The molecule has 4 rings (SSSR count). The minimum Gasteiger partial charge on any atom is -0.352 e. The molecule has 2 heterocycles. The molecule has 1 aliphatic rings. The fourth-order valence-corrected chi connectivity index (χ4v) is 3.06. The van der Waals surface area contributed by atoms with E-state index in [9.17, 15) is 4.79 Å². The number of hydrogen-bond acceptors (Lipinski definition) is 4. The molecule has 0 saturated carbocycles. The van der Waals surface area contributed by atoms with Gasteiger partial charge in [-0.15, -0.1) is 0 Å². The van der Waals surface area contributed by atoms with E-state index < -0.39 is 0 Å². The number of carbonyl (C=O) groups is 1. The number of anilines is 2. The summed E-state index contributed by atoms with van der Waals surface area (Å²) in [6.07, 6.45) is 5.11. The van der Waals surface area contributed by atoms with Crippen LogP contribution in [-0.2, 0) is 0 Å². The number of nitrogens with zero attached hydrogens (tertiary/aromatic N) is 4. The maximum absolute atomic E-state index is 12.5. The van der Waals surface area contributed by atoms with E-state index >= 15 is 0 Å². The summed E-state index contributed by atoms with van der Waals surface area (Å²) < 4.78 is 0. The summed E-state index contributed by atoms with van der Waals surface area (Å²) in [7, 11) is 0. The summed E-state index contributed by atoms with van der Waals surface area (Å²) in [6, 6.07) is 14.0. The van der Waals surface area contributed by atoms with Crippen molar-refractivity contribution in [3.63, 3.8) is 0 Å². The van der Waals surface area contributed by atoms with Gasteiger partial charge in [0.05, 0.1) is 6.20 Å². The lowest BCUT2D eigenvalue weighted by molar-refractivity contribution is 0.208. The Bertz CT molecular complexity index is 875. The Labute approximate surface area is 146 Å². The number of fused-ring (bicyclic) bond motifs is 1. The zero-order valence-corrected chi connectivity index (χ0v) is 13.8. The van der Waals surface area contributed by atoms with Crippen LogP contribution in [0.2, 0.25) is 0 Å². The van der Waals surface area contributed by atoms with E-state index in [1.165, 1.54) is 0 Å². The first-order valence-electron chi connectivity index (χ1n) is 8.35.